The van der Waals surface area contributed by atoms with Gasteiger partial charge >= 0.3 is 0 Å². The predicted octanol–water partition coefficient (Wildman–Crippen LogP) is 2.17. The van der Waals surface area contributed by atoms with Crippen LogP contribution in [0.5, 0.6) is 11.5 Å². The fourth-order valence-corrected chi connectivity index (χ4v) is 4.12. The minimum absolute atomic E-state index is 0.212. The van der Waals surface area contributed by atoms with E-state index in [9.17, 15) is 4.79 Å². The van der Waals surface area contributed by atoms with Gasteiger partial charge in [0.1, 0.15) is 11.5 Å². The van der Waals surface area contributed by atoms with Gasteiger partial charge in [0.25, 0.3) is 0 Å². The highest BCUT2D eigenvalue weighted by Crippen LogP contribution is 2.24. The van der Waals surface area contributed by atoms with Gasteiger partial charge in [-0.1, -0.05) is 0 Å². The lowest BCUT2D eigenvalue weighted by molar-refractivity contribution is -0.122. The molecule has 2 fully saturated rings. The van der Waals surface area contributed by atoms with E-state index in [4.69, 9.17) is 9.47 Å². The van der Waals surface area contributed by atoms with Gasteiger partial charge in [0.05, 0.1) is 14.2 Å². The molecule has 0 saturated carbocycles. The molecule has 2 aliphatic rings. The van der Waals surface area contributed by atoms with Gasteiger partial charge in [-0.15, -0.1) is 0 Å². The van der Waals surface area contributed by atoms with Crippen LogP contribution in [0.1, 0.15) is 37.7 Å². The second-order valence-corrected chi connectivity index (χ2v) is 7.74. The average Bonchev–Trinajstić information content (AvgIpc) is 3.13. The summed E-state index contributed by atoms with van der Waals surface area (Å²) >= 11 is 0. The molecule has 150 valence electrons. The number of nitrogens with zero attached hydrogens (tertiary/aromatic N) is 1. The lowest BCUT2D eigenvalue weighted by atomic mass is 9.93. The molecule has 1 aromatic carbocycles. The molecule has 27 heavy (non-hydrogen) atoms. The highest BCUT2D eigenvalue weighted by atomic mass is 16.5. The normalized spacial score (nSPS) is 21.2. The van der Waals surface area contributed by atoms with Crippen LogP contribution in [0.25, 0.3) is 0 Å². The monoisotopic (exact) mass is 375 g/mol. The zero-order chi connectivity index (χ0) is 19.1. The molecule has 1 atom stereocenters. The van der Waals surface area contributed by atoms with E-state index in [2.05, 4.69) is 15.5 Å². The molecule has 2 saturated heterocycles. The van der Waals surface area contributed by atoms with Crippen molar-refractivity contribution in [3.8, 4) is 11.5 Å². The Bertz CT molecular complexity index is 594. The first kappa shape index (κ1) is 20.0. The zero-order valence-corrected chi connectivity index (χ0v) is 16.6. The number of benzene rings is 1. The smallest absolute Gasteiger partial charge is 0.220 e. The van der Waals surface area contributed by atoms with Gasteiger partial charge < -0.3 is 20.1 Å². The van der Waals surface area contributed by atoms with E-state index in [-0.39, 0.29) is 11.9 Å². The number of piperidine rings is 1. The van der Waals surface area contributed by atoms with Crippen molar-refractivity contribution in [1.29, 1.82) is 0 Å². The van der Waals surface area contributed by atoms with Crippen LogP contribution in [0.4, 0.5) is 0 Å². The molecule has 1 amide bonds. The number of amides is 1. The molecule has 2 aliphatic heterocycles. The number of rotatable bonds is 8. The summed E-state index contributed by atoms with van der Waals surface area (Å²) in [7, 11) is 3.34. The van der Waals surface area contributed by atoms with Crippen LogP contribution in [0.2, 0.25) is 0 Å². The van der Waals surface area contributed by atoms with Crippen molar-refractivity contribution >= 4 is 5.91 Å². The van der Waals surface area contributed by atoms with Crippen molar-refractivity contribution in [3.05, 3.63) is 23.8 Å². The molecule has 0 aromatic heterocycles. The Labute approximate surface area is 162 Å². The zero-order valence-electron chi connectivity index (χ0n) is 16.6. The fourth-order valence-electron chi connectivity index (χ4n) is 4.12. The van der Waals surface area contributed by atoms with Gasteiger partial charge in [-0.3, -0.25) is 9.69 Å². The van der Waals surface area contributed by atoms with Crippen LogP contribution in [0.15, 0.2) is 18.2 Å². The maximum absolute atomic E-state index is 12.3. The number of likely N-dealkylation sites (tertiary alicyclic amines) is 1. The molecule has 2 heterocycles. The Morgan fingerprint density at radius 1 is 1.15 bits per heavy atom. The van der Waals surface area contributed by atoms with Crippen LogP contribution < -0.4 is 20.1 Å². The maximum Gasteiger partial charge on any atom is 0.220 e. The summed E-state index contributed by atoms with van der Waals surface area (Å²) in [6, 6.07) is 6.25. The SMILES string of the molecule is COc1cc(CN2CCC(NC(=O)CCC3CCNCC3)C2)cc(OC)c1. The Morgan fingerprint density at radius 3 is 2.52 bits per heavy atom. The van der Waals surface area contributed by atoms with Crippen LogP contribution in [-0.2, 0) is 11.3 Å². The number of carbonyl (C=O) groups excluding carboxylic acids is 1. The fraction of sp³-hybridized carbons (Fsp3) is 0.667. The lowest BCUT2D eigenvalue weighted by Gasteiger charge is -2.22. The molecule has 0 aliphatic carbocycles. The van der Waals surface area contributed by atoms with Crippen molar-refractivity contribution in [3.63, 3.8) is 0 Å². The summed E-state index contributed by atoms with van der Waals surface area (Å²) in [6.07, 6.45) is 5.10. The van der Waals surface area contributed by atoms with Crippen LogP contribution >= 0.6 is 0 Å². The average molecular weight is 376 g/mol. The number of carbonyl (C=O) groups is 1. The van der Waals surface area contributed by atoms with E-state index in [0.29, 0.717) is 12.3 Å². The third kappa shape index (κ3) is 6.11. The van der Waals surface area contributed by atoms with E-state index >= 15 is 0 Å². The van der Waals surface area contributed by atoms with E-state index in [1.54, 1.807) is 14.2 Å². The molecule has 3 rings (SSSR count). The Kier molecular flexibility index (Phi) is 7.35. The minimum Gasteiger partial charge on any atom is -0.497 e. The summed E-state index contributed by atoms with van der Waals surface area (Å²) in [5.74, 6) is 2.54. The molecular formula is C21H33N3O3. The Hall–Kier alpha value is -1.79. The molecule has 6 heteroatoms. The summed E-state index contributed by atoms with van der Waals surface area (Å²) in [4.78, 5) is 14.7. The van der Waals surface area contributed by atoms with Crippen molar-refractivity contribution in [1.82, 2.24) is 15.5 Å². The summed E-state index contributed by atoms with van der Waals surface area (Å²) in [5.41, 5.74) is 1.17. The van der Waals surface area contributed by atoms with E-state index < -0.39 is 0 Å². The predicted molar refractivity (Wildman–Crippen MR) is 106 cm³/mol. The van der Waals surface area contributed by atoms with E-state index in [1.807, 2.05) is 18.2 Å². The topological polar surface area (TPSA) is 62.8 Å². The van der Waals surface area contributed by atoms with Crippen LogP contribution in [0.3, 0.4) is 0 Å². The molecule has 0 radical (unpaired) electrons. The first-order chi connectivity index (χ1) is 13.2. The van der Waals surface area contributed by atoms with Crippen molar-refractivity contribution in [2.24, 2.45) is 5.92 Å². The third-order valence-electron chi connectivity index (χ3n) is 5.69. The van der Waals surface area contributed by atoms with E-state index in [0.717, 1.165) is 57.1 Å². The van der Waals surface area contributed by atoms with Gasteiger partial charge in [-0.25, -0.2) is 0 Å². The largest absolute Gasteiger partial charge is 0.497 e. The van der Waals surface area contributed by atoms with Gasteiger partial charge in [0.15, 0.2) is 0 Å². The van der Waals surface area contributed by atoms with Gasteiger partial charge in [-0.05, 0) is 62.4 Å². The molecule has 0 spiro atoms. The first-order valence-corrected chi connectivity index (χ1v) is 10.1. The maximum atomic E-state index is 12.3. The number of ether oxygens (including phenoxy) is 2. The molecule has 1 aromatic rings. The van der Waals surface area contributed by atoms with Crippen molar-refractivity contribution in [2.75, 3.05) is 40.4 Å². The summed E-state index contributed by atoms with van der Waals surface area (Å²) in [6.45, 7) is 4.93. The quantitative estimate of drug-likeness (QED) is 0.729. The van der Waals surface area contributed by atoms with E-state index in [1.165, 1.54) is 18.4 Å². The number of hydrogen-bond donors (Lipinski definition) is 2. The summed E-state index contributed by atoms with van der Waals surface area (Å²) < 4.78 is 10.7. The molecular weight excluding hydrogens is 342 g/mol. The highest BCUT2D eigenvalue weighted by Gasteiger charge is 2.24. The molecule has 1 unspecified atom stereocenters. The molecule has 2 N–H and O–H groups in total. The van der Waals surface area contributed by atoms with Gasteiger partial charge in [0, 0.05) is 38.2 Å². The summed E-state index contributed by atoms with van der Waals surface area (Å²) in [5, 5.41) is 6.61. The standard InChI is InChI=1S/C21H33N3O3/c1-26-19-11-17(12-20(13-19)27-2)14-24-10-7-18(15-24)23-21(25)4-3-16-5-8-22-9-6-16/h11-13,16,18,22H,3-10,14-15H2,1-2H3,(H,23,25). The number of hydrogen-bond acceptors (Lipinski definition) is 5. The second kappa shape index (κ2) is 9.95. The number of nitrogens with one attached hydrogen (secondary N) is 2. The second-order valence-electron chi connectivity index (χ2n) is 7.74. The van der Waals surface area contributed by atoms with Gasteiger partial charge in [0.2, 0.25) is 5.91 Å². The minimum atomic E-state index is 0.212. The van der Waals surface area contributed by atoms with Crippen LogP contribution in [-0.4, -0.2) is 57.2 Å². The Morgan fingerprint density at radius 2 is 1.85 bits per heavy atom. The van der Waals surface area contributed by atoms with Crippen LogP contribution in [0, 0.1) is 5.92 Å². The first-order valence-electron chi connectivity index (χ1n) is 10.1. The van der Waals surface area contributed by atoms with Crippen molar-refractivity contribution in [2.45, 2.75) is 44.7 Å². The Balaban J connectivity index is 1.42. The third-order valence-corrected chi connectivity index (χ3v) is 5.69. The lowest BCUT2D eigenvalue weighted by Crippen LogP contribution is -2.37. The van der Waals surface area contributed by atoms with Crippen molar-refractivity contribution < 1.29 is 14.3 Å². The highest BCUT2D eigenvalue weighted by molar-refractivity contribution is 5.76. The molecule has 6 nitrogen and oxygen atoms in total. The molecule has 0 bridgehead atoms. The number of methoxy groups -OCH3 is 2. The van der Waals surface area contributed by atoms with Gasteiger partial charge in [-0.2, -0.15) is 0 Å².